The van der Waals surface area contributed by atoms with Gasteiger partial charge in [0.05, 0.1) is 0 Å². The molecule has 0 saturated heterocycles. The second-order valence-electron chi connectivity index (χ2n) is 5.78. The van der Waals surface area contributed by atoms with E-state index in [4.69, 9.17) is 10.5 Å². The van der Waals surface area contributed by atoms with Crippen molar-refractivity contribution in [2.45, 2.75) is 6.61 Å². The third kappa shape index (κ3) is 3.53. The first-order valence-corrected chi connectivity index (χ1v) is 7.97. The van der Waals surface area contributed by atoms with Crippen molar-refractivity contribution >= 4 is 5.82 Å². The summed E-state index contributed by atoms with van der Waals surface area (Å²) in [6.45, 7) is -0.0567. The van der Waals surface area contributed by atoms with Crippen molar-refractivity contribution in [3.63, 3.8) is 0 Å². The first-order chi connectivity index (χ1) is 13.4. The van der Waals surface area contributed by atoms with Crippen LogP contribution in [-0.4, -0.2) is 4.98 Å². The SMILES string of the molecule is N#Cc1c(N)[nH]c(=O)c(C#N)c1-c1cccc(COc2ccc(F)cc2F)c1. The number of benzene rings is 2. The molecule has 0 unspecified atom stereocenters. The van der Waals surface area contributed by atoms with Gasteiger partial charge in [-0.2, -0.15) is 10.5 Å². The zero-order valence-corrected chi connectivity index (χ0v) is 14.3. The highest BCUT2D eigenvalue weighted by atomic mass is 19.1. The summed E-state index contributed by atoms with van der Waals surface area (Å²) in [6.07, 6.45) is 0. The number of nitrogen functional groups attached to an aromatic ring is 1. The van der Waals surface area contributed by atoms with Gasteiger partial charge in [0.1, 0.15) is 41.5 Å². The van der Waals surface area contributed by atoms with Gasteiger partial charge in [-0.3, -0.25) is 4.79 Å². The maximum atomic E-state index is 13.7. The van der Waals surface area contributed by atoms with Crippen molar-refractivity contribution in [3.05, 3.63) is 81.1 Å². The monoisotopic (exact) mass is 378 g/mol. The Morgan fingerprint density at radius 2 is 1.82 bits per heavy atom. The van der Waals surface area contributed by atoms with Gasteiger partial charge in [0.25, 0.3) is 5.56 Å². The van der Waals surface area contributed by atoms with Gasteiger partial charge in [-0.05, 0) is 29.3 Å². The first kappa shape index (κ1) is 18.6. The Labute approximate surface area is 158 Å². The van der Waals surface area contributed by atoms with E-state index in [0.717, 1.165) is 6.07 Å². The molecule has 0 aliphatic carbocycles. The molecule has 0 amide bonds. The molecule has 0 bridgehead atoms. The lowest BCUT2D eigenvalue weighted by Crippen LogP contribution is -2.16. The van der Waals surface area contributed by atoms with Crippen molar-refractivity contribution in [1.82, 2.24) is 4.98 Å². The molecule has 2 aromatic carbocycles. The summed E-state index contributed by atoms with van der Waals surface area (Å²) in [7, 11) is 0. The Morgan fingerprint density at radius 3 is 2.50 bits per heavy atom. The molecule has 1 heterocycles. The van der Waals surface area contributed by atoms with Gasteiger partial charge in [0, 0.05) is 11.6 Å². The number of hydrogen-bond donors (Lipinski definition) is 2. The summed E-state index contributed by atoms with van der Waals surface area (Å²) >= 11 is 0. The van der Waals surface area contributed by atoms with Crippen LogP contribution in [0.15, 0.2) is 47.3 Å². The lowest BCUT2D eigenvalue weighted by Gasteiger charge is -2.11. The fraction of sp³-hybridized carbons (Fsp3) is 0.0500. The highest BCUT2D eigenvalue weighted by Gasteiger charge is 2.18. The van der Waals surface area contributed by atoms with E-state index in [1.807, 2.05) is 6.07 Å². The molecule has 8 heteroatoms. The van der Waals surface area contributed by atoms with Crippen molar-refractivity contribution in [3.8, 4) is 29.0 Å². The lowest BCUT2D eigenvalue weighted by atomic mass is 9.95. The number of rotatable bonds is 4. The minimum atomic E-state index is -0.836. The van der Waals surface area contributed by atoms with Crippen molar-refractivity contribution in [2.24, 2.45) is 0 Å². The average Bonchev–Trinajstić information content (AvgIpc) is 2.67. The number of aromatic nitrogens is 1. The minimum Gasteiger partial charge on any atom is -0.486 e. The summed E-state index contributed by atoms with van der Waals surface area (Å²) in [6, 6.07) is 13.2. The summed E-state index contributed by atoms with van der Waals surface area (Å²) in [5, 5.41) is 18.7. The normalized spacial score (nSPS) is 10.1. The number of H-pyrrole nitrogens is 1. The van der Waals surface area contributed by atoms with E-state index in [9.17, 15) is 24.1 Å². The van der Waals surface area contributed by atoms with Crippen molar-refractivity contribution in [2.75, 3.05) is 5.73 Å². The number of nitrogens with zero attached hydrogens (tertiary/aromatic N) is 2. The first-order valence-electron chi connectivity index (χ1n) is 7.97. The zero-order chi connectivity index (χ0) is 20.3. The van der Waals surface area contributed by atoms with Crippen LogP contribution in [-0.2, 0) is 6.61 Å². The number of halogens is 2. The third-order valence-electron chi connectivity index (χ3n) is 3.97. The molecule has 0 fully saturated rings. The number of nitriles is 2. The quantitative estimate of drug-likeness (QED) is 0.723. The number of anilines is 1. The van der Waals surface area contributed by atoms with Crippen LogP contribution in [0.4, 0.5) is 14.6 Å². The third-order valence-corrected chi connectivity index (χ3v) is 3.97. The van der Waals surface area contributed by atoms with E-state index in [2.05, 4.69) is 4.98 Å². The summed E-state index contributed by atoms with van der Waals surface area (Å²) in [4.78, 5) is 14.3. The van der Waals surface area contributed by atoms with Gasteiger partial charge in [-0.25, -0.2) is 8.78 Å². The van der Waals surface area contributed by atoms with E-state index >= 15 is 0 Å². The molecular formula is C20H12F2N4O2. The topological polar surface area (TPSA) is 116 Å². The maximum Gasteiger partial charge on any atom is 0.268 e. The zero-order valence-electron chi connectivity index (χ0n) is 14.3. The number of hydrogen-bond acceptors (Lipinski definition) is 5. The van der Waals surface area contributed by atoms with E-state index in [0.29, 0.717) is 17.2 Å². The van der Waals surface area contributed by atoms with Crippen molar-refractivity contribution < 1.29 is 13.5 Å². The highest BCUT2D eigenvalue weighted by Crippen LogP contribution is 2.29. The van der Waals surface area contributed by atoms with Crippen LogP contribution in [0.3, 0.4) is 0 Å². The Hall–Kier alpha value is -4.17. The average molecular weight is 378 g/mol. The number of pyridine rings is 1. The minimum absolute atomic E-state index is 0.0289. The summed E-state index contributed by atoms with van der Waals surface area (Å²) in [5.41, 5.74) is 5.83. The van der Waals surface area contributed by atoms with Gasteiger partial charge in [0.15, 0.2) is 11.6 Å². The predicted molar refractivity (Wildman–Crippen MR) is 97.0 cm³/mol. The molecule has 3 N–H and O–H groups in total. The fourth-order valence-electron chi connectivity index (χ4n) is 2.70. The molecule has 3 rings (SSSR count). The number of nitrogens with one attached hydrogen (secondary N) is 1. The van der Waals surface area contributed by atoms with Crippen LogP contribution < -0.4 is 16.0 Å². The van der Waals surface area contributed by atoms with Crippen LogP contribution in [0.2, 0.25) is 0 Å². The Balaban J connectivity index is 2.00. The standard InChI is InChI=1S/C20H12F2N4O2/c21-13-4-5-17(16(22)7-13)28-10-11-2-1-3-12(6-11)18-14(8-23)19(25)26-20(27)15(18)9-24/h1-7H,10H2,(H3,25,26,27). The highest BCUT2D eigenvalue weighted by molar-refractivity contribution is 5.80. The molecule has 28 heavy (non-hydrogen) atoms. The molecule has 0 radical (unpaired) electrons. The summed E-state index contributed by atoms with van der Waals surface area (Å²) < 4.78 is 32.0. The van der Waals surface area contributed by atoms with Gasteiger partial charge in [-0.15, -0.1) is 0 Å². The molecule has 6 nitrogen and oxygen atoms in total. The molecular weight excluding hydrogens is 366 g/mol. The van der Waals surface area contributed by atoms with E-state index < -0.39 is 17.2 Å². The number of nitrogens with two attached hydrogens (primary N) is 1. The Morgan fingerprint density at radius 1 is 1.07 bits per heavy atom. The second kappa shape index (κ2) is 7.60. The predicted octanol–water partition coefficient (Wildman–Crippen LogP) is 3.22. The van der Waals surface area contributed by atoms with Crippen LogP contribution in [0.25, 0.3) is 11.1 Å². The molecule has 3 aromatic rings. The van der Waals surface area contributed by atoms with Gasteiger partial charge in [-0.1, -0.05) is 18.2 Å². The molecule has 0 aliphatic heterocycles. The van der Waals surface area contributed by atoms with Crippen LogP contribution in [0, 0.1) is 34.3 Å². The Bertz CT molecular complexity index is 1210. The van der Waals surface area contributed by atoms with Crippen LogP contribution >= 0.6 is 0 Å². The molecule has 0 spiro atoms. The van der Waals surface area contributed by atoms with E-state index in [-0.39, 0.29) is 34.9 Å². The molecule has 0 saturated carbocycles. The van der Waals surface area contributed by atoms with Gasteiger partial charge >= 0.3 is 0 Å². The van der Waals surface area contributed by atoms with Gasteiger partial charge < -0.3 is 15.5 Å². The molecule has 138 valence electrons. The van der Waals surface area contributed by atoms with Gasteiger partial charge in [0.2, 0.25) is 0 Å². The van der Waals surface area contributed by atoms with Crippen LogP contribution in [0.5, 0.6) is 5.75 Å². The Kier molecular flexibility index (Phi) is 5.05. The number of aromatic amines is 1. The molecule has 0 atom stereocenters. The lowest BCUT2D eigenvalue weighted by molar-refractivity contribution is 0.289. The smallest absolute Gasteiger partial charge is 0.268 e. The largest absolute Gasteiger partial charge is 0.486 e. The van der Waals surface area contributed by atoms with E-state index in [1.165, 1.54) is 6.07 Å². The van der Waals surface area contributed by atoms with Crippen LogP contribution in [0.1, 0.15) is 16.7 Å². The fourth-order valence-corrected chi connectivity index (χ4v) is 2.70. The van der Waals surface area contributed by atoms with E-state index in [1.54, 1.807) is 30.3 Å². The second-order valence-corrected chi connectivity index (χ2v) is 5.78. The molecule has 0 aliphatic rings. The number of ether oxygens (including phenoxy) is 1. The summed E-state index contributed by atoms with van der Waals surface area (Å²) in [5.74, 6) is -1.82. The molecule has 1 aromatic heterocycles. The van der Waals surface area contributed by atoms with Crippen molar-refractivity contribution in [1.29, 1.82) is 10.5 Å². The maximum absolute atomic E-state index is 13.7.